The van der Waals surface area contributed by atoms with E-state index in [-0.39, 0.29) is 6.42 Å². The standard InChI is InChI=1S/C9H18O5/c1-2-3-4-5-8(12)14-9(13)7(11)6-10/h7,9-11,13H,2-6H2,1H3. The smallest absolute Gasteiger partial charge is 0.308 e. The summed E-state index contributed by atoms with van der Waals surface area (Å²) in [5, 5.41) is 26.3. The Bertz CT molecular complexity index is 159. The van der Waals surface area contributed by atoms with Crippen molar-refractivity contribution in [3.63, 3.8) is 0 Å². The molecule has 14 heavy (non-hydrogen) atoms. The third-order valence-electron chi connectivity index (χ3n) is 1.75. The maximum atomic E-state index is 11.0. The second-order valence-corrected chi connectivity index (χ2v) is 3.09. The molecule has 0 rings (SSSR count). The van der Waals surface area contributed by atoms with Gasteiger partial charge in [0.05, 0.1) is 6.61 Å². The molecule has 2 atom stereocenters. The van der Waals surface area contributed by atoms with Crippen LogP contribution in [0.3, 0.4) is 0 Å². The molecule has 5 nitrogen and oxygen atoms in total. The Morgan fingerprint density at radius 3 is 2.50 bits per heavy atom. The molecule has 0 aliphatic heterocycles. The first-order valence-electron chi connectivity index (χ1n) is 4.78. The van der Waals surface area contributed by atoms with Crippen LogP contribution in [-0.2, 0) is 9.53 Å². The quantitative estimate of drug-likeness (QED) is 0.304. The van der Waals surface area contributed by atoms with Crippen LogP contribution in [0.2, 0.25) is 0 Å². The summed E-state index contributed by atoms with van der Waals surface area (Å²) in [5.41, 5.74) is 0. The SMILES string of the molecule is CCCCCC(=O)OC(O)C(O)CO. The third-order valence-corrected chi connectivity index (χ3v) is 1.75. The molecule has 0 saturated heterocycles. The van der Waals surface area contributed by atoms with Crippen molar-refractivity contribution in [2.45, 2.75) is 45.0 Å². The molecule has 0 radical (unpaired) electrons. The molecule has 2 unspecified atom stereocenters. The van der Waals surface area contributed by atoms with E-state index in [0.29, 0.717) is 6.42 Å². The number of carbonyl (C=O) groups excluding carboxylic acids is 1. The number of carbonyl (C=O) groups is 1. The van der Waals surface area contributed by atoms with Gasteiger partial charge in [0.1, 0.15) is 6.10 Å². The van der Waals surface area contributed by atoms with Gasteiger partial charge in [-0.05, 0) is 6.42 Å². The average Bonchev–Trinajstić information content (AvgIpc) is 2.16. The minimum absolute atomic E-state index is 0.225. The predicted molar refractivity (Wildman–Crippen MR) is 49.3 cm³/mol. The van der Waals surface area contributed by atoms with Gasteiger partial charge < -0.3 is 20.1 Å². The maximum Gasteiger partial charge on any atom is 0.308 e. The molecule has 0 heterocycles. The molecule has 84 valence electrons. The summed E-state index contributed by atoms with van der Waals surface area (Å²) in [5.74, 6) is -0.557. The summed E-state index contributed by atoms with van der Waals surface area (Å²) in [6.07, 6.45) is -0.206. The van der Waals surface area contributed by atoms with Crippen molar-refractivity contribution in [2.75, 3.05) is 6.61 Å². The van der Waals surface area contributed by atoms with Gasteiger partial charge in [-0.25, -0.2) is 0 Å². The first-order chi connectivity index (χ1) is 6.61. The highest BCUT2D eigenvalue weighted by molar-refractivity contribution is 5.69. The van der Waals surface area contributed by atoms with Crippen LogP contribution in [0.1, 0.15) is 32.6 Å². The Hall–Kier alpha value is -0.650. The van der Waals surface area contributed by atoms with E-state index in [9.17, 15) is 4.79 Å². The lowest BCUT2D eigenvalue weighted by Gasteiger charge is -2.15. The fraction of sp³-hybridized carbons (Fsp3) is 0.889. The Morgan fingerprint density at radius 2 is 2.00 bits per heavy atom. The summed E-state index contributed by atoms with van der Waals surface area (Å²) >= 11 is 0. The largest absolute Gasteiger partial charge is 0.433 e. The second-order valence-electron chi connectivity index (χ2n) is 3.09. The lowest BCUT2D eigenvalue weighted by Crippen LogP contribution is -2.33. The van der Waals surface area contributed by atoms with Crippen molar-refractivity contribution in [3.8, 4) is 0 Å². The number of unbranched alkanes of at least 4 members (excludes halogenated alkanes) is 2. The van der Waals surface area contributed by atoms with Crippen LogP contribution in [0.25, 0.3) is 0 Å². The lowest BCUT2D eigenvalue weighted by atomic mass is 10.2. The molecule has 0 fully saturated rings. The fourth-order valence-corrected chi connectivity index (χ4v) is 0.882. The molecule has 0 aromatic carbocycles. The van der Waals surface area contributed by atoms with E-state index in [2.05, 4.69) is 4.74 Å². The molecule has 5 heteroatoms. The monoisotopic (exact) mass is 206 g/mol. The van der Waals surface area contributed by atoms with E-state index in [4.69, 9.17) is 15.3 Å². The highest BCUT2D eigenvalue weighted by Crippen LogP contribution is 2.03. The number of ether oxygens (including phenoxy) is 1. The predicted octanol–water partition coefficient (Wildman–Crippen LogP) is -0.219. The second kappa shape index (κ2) is 7.73. The van der Waals surface area contributed by atoms with Gasteiger partial charge in [-0.2, -0.15) is 0 Å². The van der Waals surface area contributed by atoms with Crippen molar-refractivity contribution < 1.29 is 24.9 Å². The van der Waals surface area contributed by atoms with Gasteiger partial charge in [0, 0.05) is 6.42 Å². The van der Waals surface area contributed by atoms with E-state index in [1.807, 2.05) is 6.92 Å². The van der Waals surface area contributed by atoms with Crippen molar-refractivity contribution in [2.24, 2.45) is 0 Å². The highest BCUT2D eigenvalue weighted by atomic mass is 16.6. The van der Waals surface area contributed by atoms with Gasteiger partial charge in [0.15, 0.2) is 0 Å². The summed E-state index contributed by atoms with van der Waals surface area (Å²) in [6.45, 7) is 1.37. The number of aliphatic hydroxyl groups is 3. The Kier molecular flexibility index (Phi) is 7.37. The van der Waals surface area contributed by atoms with E-state index in [1.54, 1.807) is 0 Å². The van der Waals surface area contributed by atoms with Crippen molar-refractivity contribution in [1.29, 1.82) is 0 Å². The molecule has 0 aliphatic carbocycles. The van der Waals surface area contributed by atoms with Gasteiger partial charge in [-0.3, -0.25) is 4.79 Å². The molecule has 0 aromatic heterocycles. The van der Waals surface area contributed by atoms with Crippen LogP contribution < -0.4 is 0 Å². The Balaban J connectivity index is 3.60. The number of rotatable bonds is 7. The van der Waals surface area contributed by atoms with E-state index in [1.165, 1.54) is 0 Å². The van der Waals surface area contributed by atoms with Crippen molar-refractivity contribution in [3.05, 3.63) is 0 Å². The zero-order valence-electron chi connectivity index (χ0n) is 8.35. The van der Waals surface area contributed by atoms with Gasteiger partial charge in [0.25, 0.3) is 0 Å². The average molecular weight is 206 g/mol. The van der Waals surface area contributed by atoms with Crippen LogP contribution in [0.4, 0.5) is 0 Å². The summed E-state index contributed by atoms with van der Waals surface area (Å²) in [6, 6.07) is 0. The molecular weight excluding hydrogens is 188 g/mol. The van der Waals surface area contributed by atoms with Gasteiger partial charge in [-0.1, -0.05) is 19.8 Å². The molecule has 0 bridgehead atoms. The molecule has 3 N–H and O–H groups in total. The van der Waals surface area contributed by atoms with Crippen LogP contribution in [0.5, 0.6) is 0 Å². The summed E-state index contributed by atoms with van der Waals surface area (Å²) in [4.78, 5) is 11.0. The van der Waals surface area contributed by atoms with Crippen LogP contribution in [-0.4, -0.2) is 40.3 Å². The Morgan fingerprint density at radius 1 is 1.36 bits per heavy atom. The molecule has 0 amide bonds. The van der Waals surface area contributed by atoms with Crippen molar-refractivity contribution in [1.82, 2.24) is 0 Å². The fourth-order valence-electron chi connectivity index (χ4n) is 0.882. The van der Waals surface area contributed by atoms with Gasteiger partial charge >= 0.3 is 5.97 Å². The topological polar surface area (TPSA) is 87.0 Å². The van der Waals surface area contributed by atoms with E-state index < -0.39 is 25.0 Å². The molecule has 0 saturated carbocycles. The minimum Gasteiger partial charge on any atom is -0.433 e. The maximum absolute atomic E-state index is 11.0. The summed E-state index contributed by atoms with van der Waals surface area (Å²) in [7, 11) is 0. The zero-order chi connectivity index (χ0) is 11.0. The number of esters is 1. The molecular formula is C9H18O5. The first-order valence-corrected chi connectivity index (χ1v) is 4.78. The van der Waals surface area contributed by atoms with Crippen molar-refractivity contribution >= 4 is 5.97 Å². The lowest BCUT2D eigenvalue weighted by molar-refractivity contribution is -0.190. The highest BCUT2D eigenvalue weighted by Gasteiger charge is 2.19. The van der Waals surface area contributed by atoms with Crippen LogP contribution in [0.15, 0.2) is 0 Å². The molecule has 0 spiro atoms. The normalized spacial score (nSPS) is 14.9. The van der Waals surface area contributed by atoms with Gasteiger partial charge in [0.2, 0.25) is 6.29 Å². The number of hydrogen-bond donors (Lipinski definition) is 3. The molecule has 0 aromatic rings. The van der Waals surface area contributed by atoms with Crippen LogP contribution in [0, 0.1) is 0 Å². The first kappa shape index (κ1) is 13.4. The zero-order valence-corrected chi connectivity index (χ0v) is 8.35. The van der Waals surface area contributed by atoms with Crippen LogP contribution >= 0.6 is 0 Å². The van der Waals surface area contributed by atoms with E-state index in [0.717, 1.165) is 12.8 Å². The third kappa shape index (κ3) is 5.90. The van der Waals surface area contributed by atoms with E-state index >= 15 is 0 Å². The minimum atomic E-state index is -1.63. The Labute approximate surface area is 83.3 Å². The number of aliphatic hydroxyl groups excluding tert-OH is 3. The summed E-state index contributed by atoms with van der Waals surface area (Å²) < 4.78 is 4.46. The molecule has 0 aliphatic rings. The van der Waals surface area contributed by atoms with Gasteiger partial charge in [-0.15, -0.1) is 0 Å². The number of hydrogen-bond acceptors (Lipinski definition) is 5.